The summed E-state index contributed by atoms with van der Waals surface area (Å²) in [7, 11) is 0. The minimum Gasteiger partial charge on any atom is -0.376 e. The topological polar surface area (TPSA) is 56.2 Å². The van der Waals surface area contributed by atoms with E-state index in [-0.39, 0.29) is 11.8 Å². The minimum atomic E-state index is 0.130. The van der Waals surface area contributed by atoms with Gasteiger partial charge >= 0.3 is 0 Å². The normalized spacial score (nSPS) is 18.7. The van der Waals surface area contributed by atoms with Crippen LogP contribution in [0.25, 0.3) is 21.8 Å². The van der Waals surface area contributed by atoms with Gasteiger partial charge in [-0.05, 0) is 57.7 Å². The average Bonchev–Trinajstić information content (AvgIpc) is 3.15. The van der Waals surface area contributed by atoms with Crippen molar-refractivity contribution in [2.75, 3.05) is 11.9 Å². The SMILES string of the molecule is Cc1cc(-c2csc(-c3cccc(NC(=O)C4CC4)c3)n2)c(C)n1CC1CCCO1. The lowest BCUT2D eigenvalue weighted by Gasteiger charge is -2.14. The molecule has 1 saturated heterocycles. The first-order chi connectivity index (χ1) is 14.6. The number of amides is 1. The van der Waals surface area contributed by atoms with Crippen molar-refractivity contribution in [3.05, 3.63) is 47.1 Å². The lowest BCUT2D eigenvalue weighted by Crippen LogP contribution is -2.16. The van der Waals surface area contributed by atoms with Gasteiger partial charge in [0.1, 0.15) is 5.01 Å². The Bertz CT molecular complexity index is 1070. The van der Waals surface area contributed by atoms with Crippen LogP contribution in [0.2, 0.25) is 0 Å². The molecule has 2 aliphatic rings. The van der Waals surface area contributed by atoms with E-state index in [0.29, 0.717) is 6.10 Å². The molecule has 5 nitrogen and oxygen atoms in total. The van der Waals surface area contributed by atoms with E-state index in [0.717, 1.165) is 60.8 Å². The molecule has 0 bridgehead atoms. The quantitative estimate of drug-likeness (QED) is 0.578. The highest BCUT2D eigenvalue weighted by Crippen LogP contribution is 2.34. The summed E-state index contributed by atoms with van der Waals surface area (Å²) in [6.45, 7) is 6.12. The van der Waals surface area contributed by atoms with Gasteiger partial charge in [0, 0.05) is 52.7 Å². The van der Waals surface area contributed by atoms with Crippen molar-refractivity contribution >= 4 is 22.9 Å². The summed E-state index contributed by atoms with van der Waals surface area (Å²) in [5, 5.41) is 6.13. The van der Waals surface area contributed by atoms with Gasteiger partial charge in [0.15, 0.2) is 0 Å². The van der Waals surface area contributed by atoms with Crippen LogP contribution in [0, 0.1) is 19.8 Å². The molecule has 156 valence electrons. The van der Waals surface area contributed by atoms with E-state index in [1.165, 1.54) is 17.0 Å². The third-order valence-electron chi connectivity index (χ3n) is 6.09. The number of carbonyl (C=O) groups excluding carboxylic acids is 1. The molecule has 1 aliphatic carbocycles. The summed E-state index contributed by atoms with van der Waals surface area (Å²) in [6.07, 6.45) is 4.63. The zero-order valence-corrected chi connectivity index (χ0v) is 18.3. The van der Waals surface area contributed by atoms with Crippen molar-refractivity contribution in [1.82, 2.24) is 9.55 Å². The molecule has 2 fully saturated rings. The van der Waals surface area contributed by atoms with Gasteiger partial charge in [0.2, 0.25) is 5.91 Å². The van der Waals surface area contributed by atoms with Crippen LogP contribution in [-0.2, 0) is 16.1 Å². The summed E-state index contributed by atoms with van der Waals surface area (Å²) in [6, 6.07) is 10.2. The molecular formula is C24H27N3O2S. The predicted octanol–water partition coefficient (Wildman–Crippen LogP) is 5.42. The second-order valence-corrected chi connectivity index (χ2v) is 9.27. The van der Waals surface area contributed by atoms with Crippen molar-refractivity contribution in [3.63, 3.8) is 0 Å². The van der Waals surface area contributed by atoms with Crippen LogP contribution in [0.3, 0.4) is 0 Å². The number of hydrogen-bond donors (Lipinski definition) is 1. The third kappa shape index (κ3) is 3.94. The fourth-order valence-corrected chi connectivity index (χ4v) is 5.00. The number of ether oxygens (including phenoxy) is 1. The Hall–Kier alpha value is -2.44. The van der Waals surface area contributed by atoms with Gasteiger partial charge in [-0.3, -0.25) is 4.79 Å². The number of rotatable bonds is 6. The first-order valence-corrected chi connectivity index (χ1v) is 11.6. The van der Waals surface area contributed by atoms with Crippen molar-refractivity contribution < 1.29 is 9.53 Å². The van der Waals surface area contributed by atoms with Gasteiger partial charge in [-0.25, -0.2) is 4.98 Å². The molecule has 1 aliphatic heterocycles. The number of nitrogens with one attached hydrogen (secondary N) is 1. The van der Waals surface area contributed by atoms with Gasteiger partial charge in [0.25, 0.3) is 0 Å². The van der Waals surface area contributed by atoms with Gasteiger partial charge < -0.3 is 14.6 Å². The predicted molar refractivity (Wildman–Crippen MR) is 121 cm³/mol. The zero-order chi connectivity index (χ0) is 20.7. The zero-order valence-electron chi connectivity index (χ0n) is 17.5. The Balaban J connectivity index is 1.37. The van der Waals surface area contributed by atoms with Crippen LogP contribution in [0.4, 0.5) is 5.69 Å². The Kier molecular flexibility index (Phi) is 5.21. The van der Waals surface area contributed by atoms with Crippen molar-refractivity contribution in [2.24, 2.45) is 5.92 Å². The lowest BCUT2D eigenvalue weighted by molar-refractivity contribution is -0.117. The number of benzene rings is 1. The number of thiazole rings is 1. The fraction of sp³-hybridized carbons (Fsp3) is 0.417. The molecule has 6 heteroatoms. The Labute approximate surface area is 181 Å². The monoisotopic (exact) mass is 421 g/mol. The number of carbonyl (C=O) groups is 1. The lowest BCUT2D eigenvalue weighted by atomic mass is 10.2. The molecule has 1 saturated carbocycles. The molecule has 30 heavy (non-hydrogen) atoms. The largest absolute Gasteiger partial charge is 0.376 e. The Morgan fingerprint density at radius 3 is 2.90 bits per heavy atom. The van der Waals surface area contributed by atoms with Gasteiger partial charge in [0.05, 0.1) is 11.8 Å². The first-order valence-electron chi connectivity index (χ1n) is 10.7. The second-order valence-electron chi connectivity index (χ2n) is 8.41. The van der Waals surface area contributed by atoms with Crippen molar-refractivity contribution in [1.29, 1.82) is 0 Å². The highest BCUT2D eigenvalue weighted by molar-refractivity contribution is 7.13. The van der Waals surface area contributed by atoms with Crippen molar-refractivity contribution in [3.8, 4) is 21.8 Å². The van der Waals surface area contributed by atoms with Gasteiger partial charge in [-0.2, -0.15) is 0 Å². The third-order valence-corrected chi connectivity index (χ3v) is 6.98. The van der Waals surface area contributed by atoms with Gasteiger partial charge in [-0.15, -0.1) is 11.3 Å². The maximum absolute atomic E-state index is 12.1. The Morgan fingerprint density at radius 2 is 2.13 bits per heavy atom. The molecule has 2 aromatic heterocycles. The molecule has 1 N–H and O–H groups in total. The van der Waals surface area contributed by atoms with E-state index < -0.39 is 0 Å². The molecular weight excluding hydrogens is 394 g/mol. The molecule has 3 heterocycles. The number of aryl methyl sites for hydroxylation is 1. The van der Waals surface area contributed by atoms with E-state index in [1.807, 2.05) is 18.2 Å². The average molecular weight is 422 g/mol. The summed E-state index contributed by atoms with van der Waals surface area (Å²) >= 11 is 1.64. The maximum atomic E-state index is 12.1. The van der Waals surface area contributed by atoms with Crippen LogP contribution >= 0.6 is 11.3 Å². The fourth-order valence-electron chi connectivity index (χ4n) is 4.18. The summed E-state index contributed by atoms with van der Waals surface area (Å²) in [4.78, 5) is 17.0. The number of aromatic nitrogens is 2. The molecule has 5 rings (SSSR count). The van der Waals surface area contributed by atoms with E-state index in [9.17, 15) is 4.79 Å². The summed E-state index contributed by atoms with van der Waals surface area (Å²) in [5.74, 6) is 0.329. The molecule has 0 spiro atoms. The van der Waals surface area contributed by atoms with E-state index >= 15 is 0 Å². The number of anilines is 1. The van der Waals surface area contributed by atoms with E-state index in [4.69, 9.17) is 9.72 Å². The van der Waals surface area contributed by atoms with Crippen LogP contribution in [0.1, 0.15) is 37.1 Å². The molecule has 1 aromatic carbocycles. The Morgan fingerprint density at radius 1 is 1.27 bits per heavy atom. The van der Waals surface area contributed by atoms with Gasteiger partial charge in [-0.1, -0.05) is 12.1 Å². The smallest absolute Gasteiger partial charge is 0.227 e. The minimum absolute atomic E-state index is 0.130. The summed E-state index contributed by atoms with van der Waals surface area (Å²) in [5.41, 5.74) is 6.56. The molecule has 1 unspecified atom stereocenters. The molecule has 3 aromatic rings. The first kappa shape index (κ1) is 19.5. The van der Waals surface area contributed by atoms with Crippen LogP contribution in [0.5, 0.6) is 0 Å². The maximum Gasteiger partial charge on any atom is 0.227 e. The standard InChI is InChI=1S/C24H27N3O2S/c1-15-11-21(16(2)27(15)13-20-7-4-10-29-20)22-14-30-24(26-22)18-5-3-6-19(12-18)25-23(28)17-8-9-17/h3,5-6,11-12,14,17,20H,4,7-10,13H2,1-2H3,(H,25,28). The van der Waals surface area contributed by atoms with Crippen LogP contribution in [-0.4, -0.2) is 28.2 Å². The van der Waals surface area contributed by atoms with Crippen LogP contribution in [0.15, 0.2) is 35.7 Å². The molecule has 1 amide bonds. The number of hydrogen-bond acceptors (Lipinski definition) is 4. The van der Waals surface area contributed by atoms with E-state index in [1.54, 1.807) is 11.3 Å². The van der Waals surface area contributed by atoms with Crippen molar-refractivity contribution in [2.45, 2.75) is 52.2 Å². The molecule has 0 radical (unpaired) electrons. The van der Waals surface area contributed by atoms with E-state index in [2.05, 4.69) is 41.2 Å². The van der Waals surface area contributed by atoms with Crippen LogP contribution < -0.4 is 5.32 Å². The highest BCUT2D eigenvalue weighted by Gasteiger charge is 2.29. The second kappa shape index (κ2) is 8.00. The molecule has 1 atom stereocenters. The number of nitrogens with zero attached hydrogens (tertiary/aromatic N) is 2. The summed E-state index contributed by atoms with van der Waals surface area (Å²) < 4.78 is 8.20. The highest BCUT2D eigenvalue weighted by atomic mass is 32.1.